The normalized spacial score (nSPS) is 10.9. The molecule has 0 saturated heterocycles. The molecule has 0 fully saturated rings. The lowest BCUT2D eigenvalue weighted by molar-refractivity contribution is 0.675. The number of halogens is 1. The molecule has 0 bridgehead atoms. The Morgan fingerprint density at radius 1 is 1.39 bits per heavy atom. The first-order valence-corrected chi connectivity index (χ1v) is 7.67. The molecule has 18 heavy (non-hydrogen) atoms. The van der Waals surface area contributed by atoms with Crippen molar-refractivity contribution in [3.63, 3.8) is 0 Å². The zero-order valence-corrected chi connectivity index (χ0v) is 13.3. The van der Waals surface area contributed by atoms with Crippen LogP contribution in [-0.2, 0) is 6.54 Å². The molecular weight excluding hydrogens is 308 g/mol. The molecule has 2 rings (SSSR count). The molecule has 0 aliphatic carbocycles. The molecule has 2 nitrogen and oxygen atoms in total. The van der Waals surface area contributed by atoms with E-state index in [1.807, 2.05) is 12.3 Å². The van der Waals surface area contributed by atoms with Crippen molar-refractivity contribution in [3.05, 3.63) is 44.7 Å². The van der Waals surface area contributed by atoms with E-state index in [4.69, 9.17) is 0 Å². The van der Waals surface area contributed by atoms with Gasteiger partial charge in [-0.25, -0.2) is 4.98 Å². The molecule has 0 unspecified atom stereocenters. The quantitative estimate of drug-likeness (QED) is 0.815. The van der Waals surface area contributed by atoms with E-state index in [9.17, 15) is 0 Å². The number of thiophene rings is 1. The van der Waals surface area contributed by atoms with Crippen molar-refractivity contribution >= 4 is 33.1 Å². The first-order valence-electron chi connectivity index (χ1n) is 5.99. The van der Waals surface area contributed by atoms with Gasteiger partial charge in [-0.05, 0) is 59.8 Å². The zero-order chi connectivity index (χ0) is 13.1. The van der Waals surface area contributed by atoms with Gasteiger partial charge in [0.2, 0.25) is 0 Å². The van der Waals surface area contributed by atoms with Gasteiger partial charge in [-0.3, -0.25) is 0 Å². The molecule has 96 valence electrons. The van der Waals surface area contributed by atoms with Gasteiger partial charge in [0.15, 0.2) is 0 Å². The van der Waals surface area contributed by atoms with Crippen LogP contribution in [-0.4, -0.2) is 11.0 Å². The highest BCUT2D eigenvalue weighted by molar-refractivity contribution is 9.10. The largest absolute Gasteiger partial charge is 0.348 e. The van der Waals surface area contributed by atoms with Gasteiger partial charge < -0.3 is 4.90 Å². The fraction of sp³-hybridized carbons (Fsp3) is 0.357. The molecule has 0 radical (unpaired) electrons. The number of hydrogen-bond acceptors (Lipinski definition) is 3. The van der Waals surface area contributed by atoms with Crippen molar-refractivity contribution in [1.29, 1.82) is 0 Å². The van der Waals surface area contributed by atoms with E-state index in [0.29, 0.717) is 6.04 Å². The van der Waals surface area contributed by atoms with Crippen LogP contribution < -0.4 is 4.90 Å². The molecule has 0 aromatic carbocycles. The van der Waals surface area contributed by atoms with Gasteiger partial charge in [0, 0.05) is 17.1 Å². The van der Waals surface area contributed by atoms with Gasteiger partial charge in [0.05, 0.1) is 11.0 Å². The molecule has 0 aliphatic heterocycles. The first-order chi connectivity index (χ1) is 8.59. The molecule has 2 heterocycles. The summed E-state index contributed by atoms with van der Waals surface area (Å²) in [5.74, 6) is 1.03. The zero-order valence-electron chi connectivity index (χ0n) is 10.9. The number of nitrogens with zero attached hydrogens (tertiary/aromatic N) is 2. The fourth-order valence-electron chi connectivity index (χ4n) is 1.80. The van der Waals surface area contributed by atoms with Crippen LogP contribution in [0.3, 0.4) is 0 Å². The summed E-state index contributed by atoms with van der Waals surface area (Å²) in [6, 6.07) is 6.70. The standard InChI is InChI=1S/C14H17BrN2S/c1-10(2)17(9-12-5-4-8-18-12)14-13(15)11(3)6-7-16-14/h4-8,10H,9H2,1-3H3. The third kappa shape index (κ3) is 2.93. The predicted molar refractivity (Wildman–Crippen MR) is 82.3 cm³/mol. The maximum atomic E-state index is 4.52. The Hall–Kier alpha value is -0.870. The van der Waals surface area contributed by atoms with E-state index in [0.717, 1.165) is 16.8 Å². The molecule has 0 amide bonds. The maximum absolute atomic E-state index is 4.52. The molecule has 2 aromatic rings. The van der Waals surface area contributed by atoms with Crippen LogP contribution in [0.2, 0.25) is 0 Å². The second-order valence-corrected chi connectivity index (χ2v) is 6.39. The highest BCUT2D eigenvalue weighted by atomic mass is 79.9. The highest BCUT2D eigenvalue weighted by Gasteiger charge is 2.16. The van der Waals surface area contributed by atoms with Crippen molar-refractivity contribution < 1.29 is 0 Å². The lowest BCUT2D eigenvalue weighted by Crippen LogP contribution is -2.31. The molecule has 0 saturated carbocycles. The molecule has 0 aliphatic rings. The van der Waals surface area contributed by atoms with E-state index in [2.05, 4.69) is 64.1 Å². The van der Waals surface area contributed by atoms with Crippen LogP contribution in [0.5, 0.6) is 0 Å². The minimum atomic E-state index is 0.415. The van der Waals surface area contributed by atoms with Crippen LogP contribution in [0.15, 0.2) is 34.2 Å². The summed E-state index contributed by atoms with van der Waals surface area (Å²) in [5, 5.41) is 2.12. The van der Waals surface area contributed by atoms with E-state index < -0.39 is 0 Å². The third-order valence-corrected chi connectivity index (χ3v) is 4.71. The summed E-state index contributed by atoms with van der Waals surface area (Å²) in [6.07, 6.45) is 1.87. The van der Waals surface area contributed by atoms with Crippen molar-refractivity contribution in [2.75, 3.05) is 4.90 Å². The Bertz CT molecular complexity index is 509. The molecular formula is C14H17BrN2S. The number of aromatic nitrogens is 1. The number of pyridine rings is 1. The minimum absolute atomic E-state index is 0.415. The van der Waals surface area contributed by atoms with E-state index in [1.54, 1.807) is 11.3 Å². The van der Waals surface area contributed by atoms with E-state index in [-0.39, 0.29) is 0 Å². The predicted octanol–water partition coefficient (Wildman–Crippen LogP) is 4.63. The average molecular weight is 325 g/mol. The Morgan fingerprint density at radius 2 is 2.17 bits per heavy atom. The molecule has 4 heteroatoms. The second-order valence-electron chi connectivity index (χ2n) is 4.57. The Labute approximate surface area is 121 Å². The number of anilines is 1. The number of aryl methyl sites for hydroxylation is 1. The van der Waals surface area contributed by atoms with Crippen LogP contribution in [0.4, 0.5) is 5.82 Å². The Balaban J connectivity index is 2.33. The van der Waals surface area contributed by atoms with Gasteiger partial charge in [0.25, 0.3) is 0 Å². The summed E-state index contributed by atoms with van der Waals surface area (Å²) in [6.45, 7) is 7.40. The Kier molecular flexibility index (Phi) is 4.40. The number of hydrogen-bond donors (Lipinski definition) is 0. The smallest absolute Gasteiger partial charge is 0.143 e. The minimum Gasteiger partial charge on any atom is -0.348 e. The van der Waals surface area contributed by atoms with Gasteiger partial charge in [-0.1, -0.05) is 6.07 Å². The van der Waals surface area contributed by atoms with Crippen molar-refractivity contribution in [3.8, 4) is 0 Å². The molecule has 0 atom stereocenters. The van der Waals surface area contributed by atoms with Gasteiger partial charge in [0.1, 0.15) is 5.82 Å². The highest BCUT2D eigenvalue weighted by Crippen LogP contribution is 2.29. The average Bonchev–Trinajstić information content (AvgIpc) is 2.83. The van der Waals surface area contributed by atoms with E-state index >= 15 is 0 Å². The number of rotatable bonds is 4. The van der Waals surface area contributed by atoms with Gasteiger partial charge >= 0.3 is 0 Å². The summed E-state index contributed by atoms with van der Waals surface area (Å²) >= 11 is 5.44. The molecule has 0 spiro atoms. The Morgan fingerprint density at radius 3 is 2.78 bits per heavy atom. The van der Waals surface area contributed by atoms with Crippen LogP contribution in [0, 0.1) is 6.92 Å². The summed E-state index contributed by atoms with van der Waals surface area (Å²) < 4.78 is 1.09. The van der Waals surface area contributed by atoms with Crippen LogP contribution in [0.1, 0.15) is 24.3 Å². The lowest BCUT2D eigenvalue weighted by Gasteiger charge is -2.28. The maximum Gasteiger partial charge on any atom is 0.143 e. The van der Waals surface area contributed by atoms with Gasteiger partial charge in [-0.15, -0.1) is 11.3 Å². The third-order valence-electron chi connectivity index (χ3n) is 2.87. The fourth-order valence-corrected chi connectivity index (χ4v) is 2.96. The summed E-state index contributed by atoms with van der Waals surface area (Å²) in [5.41, 5.74) is 1.22. The first kappa shape index (κ1) is 13.6. The summed E-state index contributed by atoms with van der Waals surface area (Å²) in [7, 11) is 0. The SMILES string of the molecule is Cc1ccnc(N(Cc2cccs2)C(C)C)c1Br. The van der Waals surface area contributed by atoms with Gasteiger partial charge in [-0.2, -0.15) is 0 Å². The summed E-state index contributed by atoms with van der Waals surface area (Å²) in [4.78, 5) is 8.21. The molecule has 2 aromatic heterocycles. The van der Waals surface area contributed by atoms with Crippen LogP contribution >= 0.6 is 27.3 Å². The van der Waals surface area contributed by atoms with E-state index in [1.165, 1.54) is 10.4 Å². The lowest BCUT2D eigenvalue weighted by atomic mass is 10.2. The van der Waals surface area contributed by atoms with Crippen LogP contribution in [0.25, 0.3) is 0 Å². The second kappa shape index (κ2) is 5.85. The molecule has 0 N–H and O–H groups in total. The van der Waals surface area contributed by atoms with Crippen molar-refractivity contribution in [2.45, 2.75) is 33.4 Å². The van der Waals surface area contributed by atoms with Crippen molar-refractivity contribution in [2.24, 2.45) is 0 Å². The topological polar surface area (TPSA) is 16.1 Å². The van der Waals surface area contributed by atoms with Crippen molar-refractivity contribution in [1.82, 2.24) is 4.98 Å². The monoisotopic (exact) mass is 324 g/mol.